The summed E-state index contributed by atoms with van der Waals surface area (Å²) in [6, 6.07) is 10.4. The van der Waals surface area contributed by atoms with Crippen molar-refractivity contribution in [3.05, 3.63) is 35.9 Å². The Labute approximate surface area is 97.3 Å². The minimum Gasteiger partial charge on any atom is -0.342 e. The van der Waals surface area contributed by atoms with Crippen molar-refractivity contribution in [3.8, 4) is 0 Å². The zero-order valence-electron chi connectivity index (χ0n) is 9.86. The van der Waals surface area contributed by atoms with Crippen molar-refractivity contribution in [1.29, 1.82) is 0 Å². The van der Waals surface area contributed by atoms with Crippen molar-refractivity contribution in [2.24, 2.45) is 0 Å². The summed E-state index contributed by atoms with van der Waals surface area (Å²) in [4.78, 5) is 13.8. The highest BCUT2D eigenvalue weighted by molar-refractivity contribution is 5.79. The molecule has 1 fully saturated rings. The van der Waals surface area contributed by atoms with Gasteiger partial charge in [0, 0.05) is 25.4 Å². The molecule has 0 spiro atoms. The molecule has 1 aliphatic rings. The average Bonchev–Trinajstić information content (AvgIpc) is 2.69. The van der Waals surface area contributed by atoms with Crippen molar-refractivity contribution < 1.29 is 4.79 Å². The molecule has 1 amide bonds. The Hall–Kier alpha value is -1.31. The number of amides is 1. The van der Waals surface area contributed by atoms with E-state index < -0.39 is 0 Å². The fraction of sp³-hybridized carbons (Fsp3) is 0.500. The number of hydrogen-bond donors (Lipinski definition) is 0. The van der Waals surface area contributed by atoms with Crippen LogP contribution in [-0.2, 0) is 4.79 Å². The van der Waals surface area contributed by atoms with Crippen LogP contribution in [0.2, 0.25) is 0 Å². The van der Waals surface area contributed by atoms with E-state index in [9.17, 15) is 4.79 Å². The Bertz CT molecular complexity index is 347. The molecule has 0 aliphatic carbocycles. The summed E-state index contributed by atoms with van der Waals surface area (Å²) in [5.74, 6) is 0.729. The molecular formula is C14H19NO. The van der Waals surface area contributed by atoms with Gasteiger partial charge in [-0.25, -0.2) is 0 Å². The lowest BCUT2D eigenvalue weighted by Gasteiger charge is -2.16. The third kappa shape index (κ3) is 2.43. The van der Waals surface area contributed by atoms with E-state index in [0.717, 1.165) is 25.9 Å². The minimum atomic E-state index is 0.322. The summed E-state index contributed by atoms with van der Waals surface area (Å²) in [5.41, 5.74) is 1.30. The van der Waals surface area contributed by atoms with Crippen molar-refractivity contribution in [2.45, 2.75) is 32.1 Å². The Kier molecular flexibility index (Phi) is 3.60. The number of benzene rings is 1. The Morgan fingerprint density at radius 2 is 2.06 bits per heavy atom. The van der Waals surface area contributed by atoms with Crippen LogP contribution in [0.25, 0.3) is 0 Å². The first kappa shape index (κ1) is 11.2. The van der Waals surface area contributed by atoms with Gasteiger partial charge in [0.05, 0.1) is 0 Å². The summed E-state index contributed by atoms with van der Waals surface area (Å²) in [6.07, 6.45) is 2.96. The van der Waals surface area contributed by atoms with Crippen LogP contribution in [0, 0.1) is 0 Å². The lowest BCUT2D eigenvalue weighted by atomic mass is 9.99. The van der Waals surface area contributed by atoms with Crippen LogP contribution in [0.3, 0.4) is 0 Å². The molecule has 0 saturated carbocycles. The first-order valence-electron chi connectivity index (χ1n) is 6.14. The molecule has 0 N–H and O–H groups in total. The fourth-order valence-electron chi connectivity index (χ4n) is 2.29. The number of likely N-dealkylation sites (tertiary alicyclic amines) is 1. The van der Waals surface area contributed by atoms with Crippen LogP contribution in [0.4, 0.5) is 0 Å². The average molecular weight is 217 g/mol. The summed E-state index contributed by atoms with van der Waals surface area (Å²) in [6.45, 7) is 4.00. The molecule has 0 bridgehead atoms. The van der Waals surface area contributed by atoms with Gasteiger partial charge in [-0.05, 0) is 12.0 Å². The van der Waals surface area contributed by atoms with Gasteiger partial charge in [-0.2, -0.15) is 0 Å². The Balaban J connectivity index is 1.98. The molecule has 1 unspecified atom stereocenters. The highest BCUT2D eigenvalue weighted by atomic mass is 16.2. The quantitative estimate of drug-likeness (QED) is 0.759. The van der Waals surface area contributed by atoms with Crippen LogP contribution >= 0.6 is 0 Å². The highest BCUT2D eigenvalue weighted by Gasteiger charge is 2.29. The van der Waals surface area contributed by atoms with E-state index >= 15 is 0 Å². The lowest BCUT2D eigenvalue weighted by Crippen LogP contribution is -2.25. The normalized spacial score (nSPS) is 20.4. The van der Waals surface area contributed by atoms with Gasteiger partial charge in [-0.3, -0.25) is 4.79 Å². The van der Waals surface area contributed by atoms with Crippen LogP contribution in [0.1, 0.15) is 37.7 Å². The predicted molar refractivity (Wildman–Crippen MR) is 65.3 cm³/mol. The maximum Gasteiger partial charge on any atom is 0.223 e. The Morgan fingerprint density at radius 1 is 1.31 bits per heavy atom. The number of carbonyl (C=O) groups excluding carboxylic acids is 1. The maximum absolute atomic E-state index is 11.8. The summed E-state index contributed by atoms with van der Waals surface area (Å²) < 4.78 is 0. The van der Waals surface area contributed by atoms with Gasteiger partial charge in [-0.1, -0.05) is 43.7 Å². The van der Waals surface area contributed by atoms with Gasteiger partial charge in [-0.15, -0.1) is 0 Å². The minimum absolute atomic E-state index is 0.322. The van der Waals surface area contributed by atoms with Crippen LogP contribution in [0.5, 0.6) is 0 Å². The first-order valence-corrected chi connectivity index (χ1v) is 6.14. The standard InChI is InChI=1S/C14H19NO/c1-2-3-9-15-11-13(10-14(15)16)12-7-5-4-6-8-12/h4-8,13H,2-3,9-11H2,1H3. The third-order valence-corrected chi connectivity index (χ3v) is 3.27. The zero-order chi connectivity index (χ0) is 11.4. The molecule has 2 rings (SSSR count). The van der Waals surface area contributed by atoms with E-state index in [2.05, 4.69) is 31.2 Å². The number of nitrogens with zero attached hydrogens (tertiary/aromatic N) is 1. The summed E-state index contributed by atoms with van der Waals surface area (Å²) in [5, 5.41) is 0. The van der Waals surface area contributed by atoms with E-state index in [0.29, 0.717) is 18.2 Å². The van der Waals surface area contributed by atoms with E-state index in [4.69, 9.17) is 0 Å². The van der Waals surface area contributed by atoms with Gasteiger partial charge >= 0.3 is 0 Å². The second-order valence-corrected chi connectivity index (χ2v) is 4.51. The molecule has 1 aromatic rings. The van der Waals surface area contributed by atoms with Gasteiger partial charge < -0.3 is 4.90 Å². The van der Waals surface area contributed by atoms with Crippen molar-refractivity contribution in [1.82, 2.24) is 4.90 Å². The molecule has 16 heavy (non-hydrogen) atoms. The summed E-state index contributed by atoms with van der Waals surface area (Å²) in [7, 11) is 0. The number of unbranched alkanes of at least 4 members (excludes halogenated alkanes) is 1. The van der Waals surface area contributed by atoms with Gasteiger partial charge in [0.2, 0.25) is 5.91 Å². The van der Waals surface area contributed by atoms with E-state index in [1.165, 1.54) is 5.56 Å². The molecule has 1 aliphatic heterocycles. The van der Waals surface area contributed by atoms with Crippen molar-refractivity contribution >= 4 is 5.91 Å². The van der Waals surface area contributed by atoms with Gasteiger partial charge in [0.1, 0.15) is 0 Å². The topological polar surface area (TPSA) is 20.3 Å². The molecule has 0 radical (unpaired) electrons. The lowest BCUT2D eigenvalue weighted by molar-refractivity contribution is -0.127. The third-order valence-electron chi connectivity index (χ3n) is 3.27. The summed E-state index contributed by atoms with van der Waals surface area (Å²) >= 11 is 0. The maximum atomic E-state index is 11.8. The molecule has 2 nitrogen and oxygen atoms in total. The van der Waals surface area contributed by atoms with E-state index in [-0.39, 0.29) is 0 Å². The highest BCUT2D eigenvalue weighted by Crippen LogP contribution is 2.27. The molecular weight excluding hydrogens is 198 g/mol. The van der Waals surface area contributed by atoms with Crippen LogP contribution in [0.15, 0.2) is 30.3 Å². The van der Waals surface area contributed by atoms with Crippen molar-refractivity contribution in [3.63, 3.8) is 0 Å². The molecule has 0 aromatic heterocycles. The molecule has 1 saturated heterocycles. The largest absolute Gasteiger partial charge is 0.342 e. The monoisotopic (exact) mass is 217 g/mol. The smallest absolute Gasteiger partial charge is 0.223 e. The number of carbonyl (C=O) groups is 1. The van der Waals surface area contributed by atoms with Gasteiger partial charge in [0.25, 0.3) is 0 Å². The molecule has 86 valence electrons. The van der Waals surface area contributed by atoms with Crippen LogP contribution < -0.4 is 0 Å². The fourth-order valence-corrected chi connectivity index (χ4v) is 2.29. The van der Waals surface area contributed by atoms with Crippen molar-refractivity contribution in [2.75, 3.05) is 13.1 Å². The van der Waals surface area contributed by atoms with Crippen LogP contribution in [-0.4, -0.2) is 23.9 Å². The SMILES string of the molecule is CCCCN1CC(c2ccccc2)CC1=O. The predicted octanol–water partition coefficient (Wildman–Crippen LogP) is 2.80. The molecule has 1 aromatic carbocycles. The van der Waals surface area contributed by atoms with Gasteiger partial charge in [0.15, 0.2) is 0 Å². The molecule has 1 heterocycles. The second kappa shape index (κ2) is 5.15. The molecule has 1 atom stereocenters. The zero-order valence-corrected chi connectivity index (χ0v) is 9.86. The second-order valence-electron chi connectivity index (χ2n) is 4.51. The molecule has 2 heteroatoms. The number of rotatable bonds is 4. The Morgan fingerprint density at radius 3 is 2.75 bits per heavy atom. The first-order chi connectivity index (χ1) is 7.81. The van der Waals surface area contributed by atoms with E-state index in [1.54, 1.807) is 0 Å². The number of hydrogen-bond acceptors (Lipinski definition) is 1. The van der Waals surface area contributed by atoms with E-state index in [1.807, 2.05) is 11.0 Å².